The molecule has 0 rings (SSSR count). The zero-order valence-electron chi connectivity index (χ0n) is 3.13. The van der Waals surface area contributed by atoms with E-state index in [4.69, 9.17) is 0 Å². The number of hydrogen-bond donors (Lipinski definition) is 0. The number of halogens is 3. The van der Waals surface area contributed by atoms with Crippen LogP contribution < -0.4 is 0 Å². The Morgan fingerprint density at radius 2 is 0.714 bits per heavy atom. The maximum absolute atomic E-state index is 2.48. The average molecular weight is 483 g/mol. The molecular weight excluding hydrogens is 477 g/mol. The predicted octanol–water partition coefficient (Wildman–Crippen LogP) is 0.180. The minimum atomic E-state index is -0.423. The first-order valence-electron chi connectivity index (χ1n) is 0.567. The van der Waals surface area contributed by atoms with Crippen molar-refractivity contribution in [3.8, 4) is 0 Å². The molecule has 3 nitrogen and oxygen atoms in total. The standard InChI is InChI=1S/3HI.3H2O.Ti/h3*1H;3*1H2;/q;;;;;;+3/p-3. The van der Waals surface area contributed by atoms with E-state index in [0.29, 0.717) is 0 Å². The van der Waals surface area contributed by atoms with Crippen molar-refractivity contribution in [2.24, 2.45) is 0 Å². The summed E-state index contributed by atoms with van der Waals surface area (Å²) < 4.78 is 0. The van der Waals surface area contributed by atoms with Crippen LogP contribution in [-0.4, -0.2) is 16.4 Å². The molecule has 0 saturated carbocycles. The Hall–Kier alpha value is 2.78. The van der Waals surface area contributed by atoms with Crippen molar-refractivity contribution < 1.29 is 23.1 Å². The van der Waals surface area contributed by atoms with Crippen molar-refractivity contribution in [1.82, 2.24) is 0 Å². The Kier molecular flexibility index (Phi) is 51.3. The second-order valence-electron chi connectivity index (χ2n) is 0.214. The molecule has 0 aromatic heterocycles. The Balaban J connectivity index is -0.0000000150. The van der Waals surface area contributed by atoms with Gasteiger partial charge in [0.25, 0.3) is 0 Å². The molecule has 7 heteroatoms. The van der Waals surface area contributed by atoms with Crippen molar-refractivity contribution in [3.05, 3.63) is 0 Å². The second kappa shape index (κ2) is 15.9. The van der Waals surface area contributed by atoms with Gasteiger partial charge >= 0.3 is 64.2 Å². The third-order valence-corrected chi connectivity index (χ3v) is 0. The maximum atomic E-state index is 2.48. The molecule has 0 heterocycles. The van der Waals surface area contributed by atoms with Crippen LogP contribution >= 0.6 is 57.6 Å². The molecule has 0 aliphatic rings. The molecule has 0 aromatic carbocycles. The van der Waals surface area contributed by atoms with E-state index in [0.717, 1.165) is 0 Å². The molecule has 0 radical (unpaired) electrons. The van der Waals surface area contributed by atoms with Crippen LogP contribution in [0.4, 0.5) is 0 Å². The molecule has 6 N–H and O–H groups in total. The molecule has 0 amide bonds. The Morgan fingerprint density at radius 3 is 0.714 bits per heavy atom. The number of hydrogen-bond acceptors (Lipinski definition) is 0. The summed E-state index contributed by atoms with van der Waals surface area (Å²) in [5.74, 6) is 0. The zero-order chi connectivity index (χ0) is 3.58. The van der Waals surface area contributed by atoms with Crippen LogP contribution in [0, 0.1) is 0 Å². The fraction of sp³-hybridized carbons (Fsp3) is 0. The third kappa shape index (κ3) is 52.2. The van der Waals surface area contributed by atoms with Gasteiger partial charge in [-0.25, -0.2) is 0 Å². The van der Waals surface area contributed by atoms with E-state index < -0.39 is 6.63 Å². The summed E-state index contributed by atoms with van der Waals surface area (Å²) in [4.78, 5) is 0. The van der Waals surface area contributed by atoms with Gasteiger partial charge in [0, 0.05) is 0 Å². The van der Waals surface area contributed by atoms with Crippen molar-refractivity contribution in [3.63, 3.8) is 0 Å². The summed E-state index contributed by atoms with van der Waals surface area (Å²) in [5.41, 5.74) is 0. The Morgan fingerprint density at radius 1 is 0.714 bits per heavy atom. The first-order valence-corrected chi connectivity index (χ1v) is 15.7. The molecule has 0 saturated heterocycles. The summed E-state index contributed by atoms with van der Waals surface area (Å²) >= 11 is 7.45. The molecule has 0 aliphatic carbocycles. The molecule has 0 aromatic rings. The Labute approximate surface area is 78.8 Å². The van der Waals surface area contributed by atoms with Crippen LogP contribution in [0.1, 0.15) is 0 Å². The first-order chi connectivity index (χ1) is 1.73. The summed E-state index contributed by atoms with van der Waals surface area (Å²) in [6, 6.07) is 0. The van der Waals surface area contributed by atoms with E-state index in [1.54, 1.807) is 0 Å². The summed E-state index contributed by atoms with van der Waals surface area (Å²) in [6.07, 6.45) is 0. The van der Waals surface area contributed by atoms with Crippen LogP contribution in [-0.2, 0) is 6.63 Å². The zero-order valence-corrected chi connectivity index (χ0v) is 11.2. The van der Waals surface area contributed by atoms with Gasteiger partial charge in [-0.3, -0.25) is 0 Å². The summed E-state index contributed by atoms with van der Waals surface area (Å²) in [5, 5.41) is 0. The van der Waals surface area contributed by atoms with E-state index in [1.165, 1.54) is 0 Å². The van der Waals surface area contributed by atoms with Gasteiger partial charge in [-0.2, -0.15) is 0 Å². The first kappa shape index (κ1) is 22.6. The van der Waals surface area contributed by atoms with Gasteiger partial charge in [-0.05, 0) is 0 Å². The summed E-state index contributed by atoms with van der Waals surface area (Å²) in [7, 11) is 0. The molecule has 7 heavy (non-hydrogen) atoms. The SMILES string of the molecule is O.O.O.[I][Ti]([I])[I]. The average Bonchev–Trinajstić information content (AvgIpc) is 0.811. The fourth-order valence-corrected chi connectivity index (χ4v) is 0. The van der Waals surface area contributed by atoms with Gasteiger partial charge in [0.1, 0.15) is 0 Å². The minimum absolute atomic E-state index is 0. The third-order valence-electron chi connectivity index (χ3n) is 0. The van der Waals surface area contributed by atoms with Crippen molar-refractivity contribution in [2.45, 2.75) is 0 Å². The van der Waals surface area contributed by atoms with Crippen LogP contribution in [0.2, 0.25) is 0 Å². The normalized spacial score (nSPS) is 3.86. The van der Waals surface area contributed by atoms with Crippen LogP contribution in [0.3, 0.4) is 0 Å². The molecule has 0 bridgehead atoms. The van der Waals surface area contributed by atoms with Gasteiger partial charge in [-0.15, -0.1) is 0 Å². The fourth-order valence-electron chi connectivity index (χ4n) is 0. The molecule has 0 aliphatic heterocycles. The monoisotopic (exact) mass is 483 g/mol. The van der Waals surface area contributed by atoms with Gasteiger partial charge in [0.15, 0.2) is 0 Å². The van der Waals surface area contributed by atoms with Crippen molar-refractivity contribution >= 4 is 57.6 Å². The van der Waals surface area contributed by atoms with E-state index in [1.807, 2.05) is 0 Å². The van der Waals surface area contributed by atoms with Crippen molar-refractivity contribution in [2.75, 3.05) is 0 Å². The van der Waals surface area contributed by atoms with Crippen LogP contribution in [0.5, 0.6) is 0 Å². The van der Waals surface area contributed by atoms with E-state index in [2.05, 4.69) is 57.6 Å². The van der Waals surface area contributed by atoms with Gasteiger partial charge in [0.05, 0.1) is 0 Å². The molecule has 0 fully saturated rings. The van der Waals surface area contributed by atoms with Gasteiger partial charge < -0.3 is 16.4 Å². The van der Waals surface area contributed by atoms with Crippen LogP contribution in [0.15, 0.2) is 0 Å². The molecule has 0 unspecified atom stereocenters. The van der Waals surface area contributed by atoms with E-state index >= 15 is 0 Å². The molecule has 49 valence electrons. The van der Waals surface area contributed by atoms with E-state index in [9.17, 15) is 0 Å². The van der Waals surface area contributed by atoms with Gasteiger partial charge in [-0.1, -0.05) is 0 Å². The predicted molar refractivity (Wildman–Crippen MR) is 52.9 cm³/mol. The number of rotatable bonds is 0. The van der Waals surface area contributed by atoms with Crippen molar-refractivity contribution in [1.29, 1.82) is 0 Å². The van der Waals surface area contributed by atoms with E-state index in [-0.39, 0.29) is 16.4 Å². The molecule has 0 spiro atoms. The topological polar surface area (TPSA) is 94.5 Å². The summed E-state index contributed by atoms with van der Waals surface area (Å²) in [6.45, 7) is -0.423. The van der Waals surface area contributed by atoms with Crippen LogP contribution in [0.25, 0.3) is 0 Å². The molecular formula is H6I3O3Ti. The van der Waals surface area contributed by atoms with Gasteiger partial charge in [0.2, 0.25) is 0 Å². The second-order valence-corrected chi connectivity index (χ2v) is 39.8. The quantitative estimate of drug-likeness (QED) is 0.348. The Bertz CT molecular complexity index is 14.9. The molecule has 0 atom stereocenters.